The Bertz CT molecular complexity index is 409. The molecule has 0 aliphatic carbocycles. The maximum absolute atomic E-state index is 5.60. The number of imidazole rings is 1. The Kier molecular flexibility index (Phi) is 1.36. The first-order valence-corrected chi connectivity index (χ1v) is 3.44. The smallest absolute Gasteiger partial charge is 0.241 e. The number of ether oxygens (including phenoxy) is 1. The van der Waals surface area contributed by atoms with Crippen LogP contribution in [-0.4, -0.2) is 21.5 Å². The molecule has 0 fully saturated rings. The van der Waals surface area contributed by atoms with E-state index in [1.807, 2.05) is 0 Å². The lowest BCUT2D eigenvalue weighted by Crippen LogP contribution is -1.94. The van der Waals surface area contributed by atoms with Crippen LogP contribution in [0.2, 0.25) is 0 Å². The molecule has 0 spiro atoms. The molecule has 62 valence electrons. The average Bonchev–Trinajstić information content (AvgIpc) is 2.48. The largest absolute Gasteiger partial charge is 0.479 e. The minimum Gasteiger partial charge on any atom is -0.479 e. The van der Waals surface area contributed by atoms with E-state index < -0.39 is 0 Å². The molecular formula is C7H8N4O. The highest BCUT2D eigenvalue weighted by molar-refractivity contribution is 5.71. The molecule has 0 aromatic carbocycles. The van der Waals surface area contributed by atoms with Gasteiger partial charge in [-0.15, -0.1) is 0 Å². The molecule has 2 aromatic rings. The summed E-state index contributed by atoms with van der Waals surface area (Å²) in [5.41, 5.74) is 6.31. The van der Waals surface area contributed by atoms with E-state index in [1.54, 1.807) is 30.2 Å². The molecule has 0 unspecified atom stereocenters. The molecule has 0 aliphatic heterocycles. The third kappa shape index (κ3) is 0.795. The third-order valence-electron chi connectivity index (χ3n) is 1.64. The lowest BCUT2D eigenvalue weighted by molar-refractivity contribution is 0.401. The number of rotatable bonds is 1. The van der Waals surface area contributed by atoms with Crippen molar-refractivity contribution in [2.75, 3.05) is 12.8 Å². The lowest BCUT2D eigenvalue weighted by atomic mass is 10.5. The zero-order chi connectivity index (χ0) is 8.55. The van der Waals surface area contributed by atoms with Crippen LogP contribution in [0.15, 0.2) is 18.7 Å². The molecule has 12 heavy (non-hydrogen) atoms. The Balaban J connectivity index is 2.84. The van der Waals surface area contributed by atoms with Crippen molar-refractivity contribution in [1.29, 1.82) is 0 Å². The molecule has 0 saturated carbocycles. The van der Waals surface area contributed by atoms with Crippen molar-refractivity contribution in [2.24, 2.45) is 0 Å². The first-order chi connectivity index (χ1) is 5.83. The Morgan fingerprint density at radius 2 is 2.33 bits per heavy atom. The van der Waals surface area contributed by atoms with Crippen molar-refractivity contribution < 1.29 is 4.74 Å². The van der Waals surface area contributed by atoms with Gasteiger partial charge in [-0.1, -0.05) is 0 Å². The molecule has 0 radical (unpaired) electrons. The minimum atomic E-state index is 0.431. The van der Waals surface area contributed by atoms with Gasteiger partial charge < -0.3 is 10.5 Å². The molecule has 5 nitrogen and oxygen atoms in total. The fourth-order valence-electron chi connectivity index (χ4n) is 1.09. The predicted molar refractivity (Wildman–Crippen MR) is 44.0 cm³/mol. The second-order valence-electron chi connectivity index (χ2n) is 2.32. The number of hydrogen-bond donors (Lipinski definition) is 1. The van der Waals surface area contributed by atoms with Crippen molar-refractivity contribution >= 4 is 11.3 Å². The quantitative estimate of drug-likeness (QED) is 0.659. The fraction of sp³-hybridized carbons (Fsp3) is 0.143. The van der Waals surface area contributed by atoms with Crippen LogP contribution in [-0.2, 0) is 0 Å². The normalized spacial score (nSPS) is 10.4. The summed E-state index contributed by atoms with van der Waals surface area (Å²) >= 11 is 0. The number of nitrogens with two attached hydrogens (primary N) is 1. The molecule has 2 aromatic heterocycles. The summed E-state index contributed by atoms with van der Waals surface area (Å²) in [7, 11) is 1.55. The fourth-order valence-corrected chi connectivity index (χ4v) is 1.09. The number of nitrogen functional groups attached to an aromatic ring is 1. The Morgan fingerprint density at radius 3 is 3.08 bits per heavy atom. The standard InChI is InChI=1S/C7H8N4O/c1-12-7-5-6(8)10-4-11(5)3-2-9-7/h2-4H,8H2,1H3. The van der Waals surface area contributed by atoms with Gasteiger partial charge in [-0.3, -0.25) is 4.40 Å². The maximum atomic E-state index is 5.60. The van der Waals surface area contributed by atoms with Crippen LogP contribution in [0.4, 0.5) is 5.82 Å². The van der Waals surface area contributed by atoms with Crippen molar-refractivity contribution in [2.45, 2.75) is 0 Å². The van der Waals surface area contributed by atoms with E-state index in [-0.39, 0.29) is 0 Å². The molecule has 0 atom stereocenters. The summed E-state index contributed by atoms with van der Waals surface area (Å²) in [4.78, 5) is 7.92. The van der Waals surface area contributed by atoms with Crippen LogP contribution >= 0.6 is 0 Å². The van der Waals surface area contributed by atoms with Gasteiger partial charge in [0.25, 0.3) is 0 Å². The van der Waals surface area contributed by atoms with Crippen LogP contribution < -0.4 is 10.5 Å². The summed E-state index contributed by atoms with van der Waals surface area (Å²) in [6.45, 7) is 0. The van der Waals surface area contributed by atoms with E-state index in [0.717, 1.165) is 0 Å². The predicted octanol–water partition coefficient (Wildman–Crippen LogP) is 0.320. The van der Waals surface area contributed by atoms with E-state index in [1.165, 1.54) is 0 Å². The number of methoxy groups -OCH3 is 1. The third-order valence-corrected chi connectivity index (χ3v) is 1.64. The molecule has 2 N–H and O–H groups in total. The van der Waals surface area contributed by atoms with Crippen LogP contribution in [0.1, 0.15) is 0 Å². The maximum Gasteiger partial charge on any atom is 0.241 e. The van der Waals surface area contributed by atoms with Gasteiger partial charge in [0.2, 0.25) is 5.88 Å². The van der Waals surface area contributed by atoms with E-state index in [4.69, 9.17) is 10.5 Å². The Hall–Kier alpha value is -1.78. The van der Waals surface area contributed by atoms with Gasteiger partial charge in [-0.25, -0.2) is 9.97 Å². The highest BCUT2D eigenvalue weighted by Crippen LogP contribution is 2.20. The van der Waals surface area contributed by atoms with Gasteiger partial charge in [0, 0.05) is 12.4 Å². The zero-order valence-corrected chi connectivity index (χ0v) is 6.56. The average molecular weight is 164 g/mol. The van der Waals surface area contributed by atoms with Crippen molar-refractivity contribution in [3.05, 3.63) is 18.7 Å². The van der Waals surface area contributed by atoms with Crippen molar-refractivity contribution in [3.8, 4) is 5.88 Å². The number of anilines is 1. The first kappa shape index (κ1) is 6.90. The van der Waals surface area contributed by atoms with Gasteiger partial charge in [0.1, 0.15) is 6.33 Å². The van der Waals surface area contributed by atoms with Gasteiger partial charge in [0.15, 0.2) is 11.3 Å². The van der Waals surface area contributed by atoms with E-state index in [9.17, 15) is 0 Å². The molecule has 0 aliphatic rings. The number of fused-ring (bicyclic) bond motifs is 1. The van der Waals surface area contributed by atoms with Gasteiger partial charge in [-0.2, -0.15) is 0 Å². The van der Waals surface area contributed by atoms with Crippen LogP contribution in [0, 0.1) is 0 Å². The second-order valence-corrected chi connectivity index (χ2v) is 2.32. The van der Waals surface area contributed by atoms with E-state index in [2.05, 4.69) is 9.97 Å². The van der Waals surface area contributed by atoms with E-state index >= 15 is 0 Å². The highest BCUT2D eigenvalue weighted by atomic mass is 16.5. The Labute approximate surface area is 68.8 Å². The van der Waals surface area contributed by atoms with E-state index in [0.29, 0.717) is 17.2 Å². The van der Waals surface area contributed by atoms with Gasteiger partial charge >= 0.3 is 0 Å². The monoisotopic (exact) mass is 164 g/mol. The summed E-state index contributed by atoms with van der Waals surface area (Å²) < 4.78 is 6.78. The number of nitrogens with zero attached hydrogens (tertiary/aromatic N) is 3. The summed E-state index contributed by atoms with van der Waals surface area (Å²) in [5, 5.41) is 0. The molecule has 0 amide bonds. The first-order valence-electron chi connectivity index (χ1n) is 3.44. The molecule has 5 heteroatoms. The summed E-state index contributed by atoms with van der Waals surface area (Å²) in [5.74, 6) is 0.924. The van der Waals surface area contributed by atoms with Crippen LogP contribution in [0.25, 0.3) is 5.52 Å². The molecular weight excluding hydrogens is 156 g/mol. The molecule has 2 rings (SSSR count). The highest BCUT2D eigenvalue weighted by Gasteiger charge is 2.06. The number of aromatic nitrogens is 3. The SMILES string of the molecule is COc1nccn2cnc(N)c12. The molecule has 0 bridgehead atoms. The topological polar surface area (TPSA) is 65.4 Å². The lowest BCUT2D eigenvalue weighted by Gasteiger charge is -2.00. The second kappa shape index (κ2) is 2.37. The van der Waals surface area contributed by atoms with Gasteiger partial charge in [0.05, 0.1) is 7.11 Å². The molecule has 0 saturated heterocycles. The zero-order valence-electron chi connectivity index (χ0n) is 6.56. The molecule has 2 heterocycles. The number of hydrogen-bond acceptors (Lipinski definition) is 4. The minimum absolute atomic E-state index is 0.431. The van der Waals surface area contributed by atoms with Crippen molar-refractivity contribution in [1.82, 2.24) is 14.4 Å². The summed E-state index contributed by atoms with van der Waals surface area (Å²) in [6, 6.07) is 0. The summed E-state index contributed by atoms with van der Waals surface area (Å²) in [6.07, 6.45) is 5.02. The van der Waals surface area contributed by atoms with Crippen LogP contribution in [0.5, 0.6) is 5.88 Å². The Morgan fingerprint density at radius 1 is 1.50 bits per heavy atom. The van der Waals surface area contributed by atoms with Crippen molar-refractivity contribution in [3.63, 3.8) is 0 Å². The van der Waals surface area contributed by atoms with Crippen LogP contribution in [0.3, 0.4) is 0 Å². The van der Waals surface area contributed by atoms with Gasteiger partial charge in [-0.05, 0) is 0 Å².